The summed E-state index contributed by atoms with van der Waals surface area (Å²) in [6, 6.07) is 13.6. The van der Waals surface area contributed by atoms with Gasteiger partial charge in [-0.05, 0) is 69.1 Å². The number of para-hydroxylation sites is 1. The Morgan fingerprint density at radius 1 is 1.15 bits per heavy atom. The number of H-pyrrole nitrogens is 1. The molecule has 6 nitrogen and oxygen atoms in total. The van der Waals surface area contributed by atoms with Crippen LogP contribution < -0.4 is 10.1 Å². The van der Waals surface area contributed by atoms with Gasteiger partial charge in [-0.1, -0.05) is 24.3 Å². The van der Waals surface area contributed by atoms with Crippen LogP contribution in [0.2, 0.25) is 0 Å². The fourth-order valence-corrected chi connectivity index (χ4v) is 6.07. The number of fused-ring (bicyclic) bond motifs is 1. The summed E-state index contributed by atoms with van der Waals surface area (Å²) in [5.74, 6) is 0.0409. The number of aromatic amines is 1. The standard InChI is InChI=1S/C30H37F3N4O2/c1-36-13-5-7-25(36)11-12-34-29(38)22-14-21(20-39-26-8-4-6-24(15-26)30(31,32)33)17-37(18-22)19-23-16-35-28-10-3-2-9-27(23)28/h2-4,6,8-10,15-16,21-22,25,35H,5,7,11-14,17-20H2,1H3,(H,34,38)/t21-,22+,25?/m0/s1. The molecule has 39 heavy (non-hydrogen) atoms. The fraction of sp³-hybridized carbons (Fsp3) is 0.500. The zero-order valence-corrected chi connectivity index (χ0v) is 22.3. The molecule has 1 amide bonds. The van der Waals surface area contributed by atoms with E-state index in [4.69, 9.17) is 4.74 Å². The maximum absolute atomic E-state index is 13.3. The Hall–Kier alpha value is -3.04. The molecule has 3 aromatic rings. The lowest BCUT2D eigenvalue weighted by molar-refractivity contribution is -0.137. The molecule has 2 aliphatic rings. The van der Waals surface area contributed by atoms with Gasteiger partial charge in [0.15, 0.2) is 0 Å². The zero-order chi connectivity index (χ0) is 27.4. The molecule has 2 aliphatic heterocycles. The Balaban J connectivity index is 1.25. The van der Waals surface area contributed by atoms with E-state index >= 15 is 0 Å². The molecule has 9 heteroatoms. The molecule has 0 aliphatic carbocycles. The number of halogens is 3. The van der Waals surface area contributed by atoms with Crippen molar-refractivity contribution in [2.24, 2.45) is 11.8 Å². The topological polar surface area (TPSA) is 60.6 Å². The average molecular weight is 543 g/mol. The van der Waals surface area contributed by atoms with Gasteiger partial charge in [-0.2, -0.15) is 13.2 Å². The van der Waals surface area contributed by atoms with Crippen LogP contribution in [-0.4, -0.2) is 66.6 Å². The van der Waals surface area contributed by atoms with Crippen LogP contribution in [0.5, 0.6) is 5.75 Å². The summed E-state index contributed by atoms with van der Waals surface area (Å²) in [7, 11) is 2.14. The van der Waals surface area contributed by atoms with Gasteiger partial charge in [-0.25, -0.2) is 0 Å². The SMILES string of the molecule is CN1CCCC1CCNC(=O)[C@@H]1C[C@H](COc2cccc(C(F)(F)F)c2)CN(Cc2c[nH]c3ccccc23)C1. The van der Waals surface area contributed by atoms with Gasteiger partial charge in [0.05, 0.1) is 18.1 Å². The summed E-state index contributed by atoms with van der Waals surface area (Å²) < 4.78 is 45.3. The molecule has 2 saturated heterocycles. The van der Waals surface area contributed by atoms with E-state index in [-0.39, 0.29) is 30.1 Å². The number of nitrogens with zero attached hydrogens (tertiary/aromatic N) is 2. The highest BCUT2D eigenvalue weighted by Gasteiger charge is 2.33. The van der Waals surface area contributed by atoms with E-state index in [1.807, 2.05) is 24.4 Å². The van der Waals surface area contributed by atoms with E-state index in [9.17, 15) is 18.0 Å². The van der Waals surface area contributed by atoms with Crippen molar-refractivity contribution in [2.75, 3.05) is 39.8 Å². The monoisotopic (exact) mass is 542 g/mol. The van der Waals surface area contributed by atoms with Crippen molar-refractivity contribution in [1.82, 2.24) is 20.1 Å². The van der Waals surface area contributed by atoms with Crippen molar-refractivity contribution < 1.29 is 22.7 Å². The number of rotatable bonds is 9. The Bertz CT molecular complexity index is 1260. The largest absolute Gasteiger partial charge is 0.493 e. The minimum absolute atomic E-state index is 0.00946. The summed E-state index contributed by atoms with van der Waals surface area (Å²) in [6.45, 7) is 4.03. The first kappa shape index (κ1) is 27.5. The number of carbonyl (C=O) groups excluding carboxylic acids is 1. The molecular weight excluding hydrogens is 505 g/mol. The number of nitrogens with one attached hydrogen (secondary N) is 2. The molecule has 3 atom stereocenters. The van der Waals surface area contributed by atoms with Gasteiger partial charge < -0.3 is 19.9 Å². The lowest BCUT2D eigenvalue weighted by atomic mass is 9.88. The van der Waals surface area contributed by atoms with Crippen LogP contribution >= 0.6 is 0 Å². The lowest BCUT2D eigenvalue weighted by Crippen LogP contribution is -2.47. The molecule has 2 fully saturated rings. The van der Waals surface area contributed by atoms with Gasteiger partial charge in [0.1, 0.15) is 5.75 Å². The fourth-order valence-electron chi connectivity index (χ4n) is 6.07. The lowest BCUT2D eigenvalue weighted by Gasteiger charge is -2.37. The van der Waals surface area contributed by atoms with Crippen molar-refractivity contribution >= 4 is 16.8 Å². The van der Waals surface area contributed by atoms with Crippen molar-refractivity contribution in [3.05, 3.63) is 65.9 Å². The number of ether oxygens (including phenoxy) is 1. The van der Waals surface area contributed by atoms with Crippen LogP contribution in [0, 0.1) is 11.8 Å². The van der Waals surface area contributed by atoms with Crippen molar-refractivity contribution in [2.45, 2.75) is 44.4 Å². The summed E-state index contributed by atoms with van der Waals surface area (Å²) in [4.78, 5) is 21.2. The molecule has 0 radical (unpaired) electrons. The number of piperidine rings is 1. The quantitative estimate of drug-likeness (QED) is 0.385. The Morgan fingerprint density at radius 3 is 2.79 bits per heavy atom. The third-order valence-corrected chi connectivity index (χ3v) is 8.15. The number of aromatic nitrogens is 1. The highest BCUT2D eigenvalue weighted by molar-refractivity contribution is 5.83. The molecule has 3 heterocycles. The van der Waals surface area contributed by atoms with E-state index in [1.54, 1.807) is 6.07 Å². The first-order valence-electron chi connectivity index (χ1n) is 13.8. The van der Waals surface area contributed by atoms with Crippen LogP contribution in [0.15, 0.2) is 54.7 Å². The maximum Gasteiger partial charge on any atom is 0.416 e. The van der Waals surface area contributed by atoms with E-state index < -0.39 is 11.7 Å². The van der Waals surface area contributed by atoms with Gasteiger partial charge >= 0.3 is 6.18 Å². The first-order valence-corrected chi connectivity index (χ1v) is 13.8. The normalized spacial score (nSPS) is 22.8. The number of hydrogen-bond acceptors (Lipinski definition) is 4. The molecule has 1 aromatic heterocycles. The second kappa shape index (κ2) is 12.0. The minimum atomic E-state index is -4.42. The minimum Gasteiger partial charge on any atom is -0.493 e. The predicted octanol–water partition coefficient (Wildman–Crippen LogP) is 5.30. The number of amides is 1. The average Bonchev–Trinajstić information content (AvgIpc) is 3.52. The van der Waals surface area contributed by atoms with E-state index in [0.29, 0.717) is 38.6 Å². The predicted molar refractivity (Wildman–Crippen MR) is 145 cm³/mol. The van der Waals surface area contributed by atoms with Gasteiger partial charge in [-0.3, -0.25) is 9.69 Å². The van der Waals surface area contributed by atoms with Crippen LogP contribution in [0.1, 0.15) is 36.8 Å². The summed E-state index contributed by atoms with van der Waals surface area (Å²) >= 11 is 0. The number of carbonyl (C=O) groups is 1. The molecule has 0 spiro atoms. The first-order chi connectivity index (χ1) is 18.8. The molecule has 2 aromatic carbocycles. The summed E-state index contributed by atoms with van der Waals surface area (Å²) in [5.41, 5.74) is 1.50. The maximum atomic E-state index is 13.3. The third-order valence-electron chi connectivity index (χ3n) is 8.15. The smallest absolute Gasteiger partial charge is 0.416 e. The van der Waals surface area contributed by atoms with Gasteiger partial charge in [0.25, 0.3) is 0 Å². The Morgan fingerprint density at radius 2 is 2.00 bits per heavy atom. The van der Waals surface area contributed by atoms with Gasteiger partial charge in [-0.15, -0.1) is 0 Å². The number of hydrogen-bond donors (Lipinski definition) is 2. The molecule has 2 N–H and O–H groups in total. The van der Waals surface area contributed by atoms with Crippen LogP contribution in [0.25, 0.3) is 10.9 Å². The number of alkyl halides is 3. The summed E-state index contributed by atoms with van der Waals surface area (Å²) in [5, 5.41) is 4.32. The second-order valence-corrected chi connectivity index (χ2v) is 11.0. The Labute approximate surface area is 227 Å². The summed E-state index contributed by atoms with van der Waals surface area (Å²) in [6.07, 6.45) is 1.54. The van der Waals surface area contributed by atoms with Gasteiger partial charge in [0, 0.05) is 55.2 Å². The van der Waals surface area contributed by atoms with Gasteiger partial charge in [0.2, 0.25) is 5.91 Å². The highest BCUT2D eigenvalue weighted by atomic mass is 19.4. The molecule has 210 valence electrons. The molecule has 0 bridgehead atoms. The van der Waals surface area contributed by atoms with Crippen molar-refractivity contribution in [3.8, 4) is 5.75 Å². The number of benzene rings is 2. The molecule has 5 rings (SSSR count). The van der Waals surface area contributed by atoms with Crippen LogP contribution in [0.4, 0.5) is 13.2 Å². The number of likely N-dealkylation sites (tertiary alicyclic amines) is 2. The highest BCUT2D eigenvalue weighted by Crippen LogP contribution is 2.32. The molecule has 1 unspecified atom stereocenters. The molecular formula is C30H37F3N4O2. The van der Waals surface area contributed by atoms with Crippen LogP contribution in [-0.2, 0) is 17.5 Å². The zero-order valence-electron chi connectivity index (χ0n) is 22.3. The van der Waals surface area contributed by atoms with E-state index in [0.717, 1.165) is 41.6 Å². The van der Waals surface area contributed by atoms with Crippen molar-refractivity contribution in [1.29, 1.82) is 0 Å². The second-order valence-electron chi connectivity index (χ2n) is 11.0. The third kappa shape index (κ3) is 6.94. The Kier molecular flexibility index (Phi) is 8.47. The van der Waals surface area contributed by atoms with Crippen molar-refractivity contribution in [3.63, 3.8) is 0 Å². The van der Waals surface area contributed by atoms with Crippen LogP contribution in [0.3, 0.4) is 0 Å². The van der Waals surface area contributed by atoms with E-state index in [2.05, 4.69) is 33.2 Å². The van der Waals surface area contributed by atoms with E-state index in [1.165, 1.54) is 18.9 Å². The molecule has 0 saturated carbocycles.